The van der Waals surface area contributed by atoms with Gasteiger partial charge >= 0.3 is 0 Å². The topological polar surface area (TPSA) is 21.3 Å². The van der Waals surface area contributed by atoms with Crippen molar-refractivity contribution in [3.8, 4) is 5.75 Å². The molecule has 5 heteroatoms. The van der Waals surface area contributed by atoms with E-state index in [9.17, 15) is 0 Å². The highest BCUT2D eigenvalue weighted by atomic mass is 35.5. The van der Waals surface area contributed by atoms with Crippen molar-refractivity contribution in [2.24, 2.45) is 0 Å². The summed E-state index contributed by atoms with van der Waals surface area (Å²) in [5.74, 6) is 0.618. The minimum atomic E-state index is 0.464. The van der Waals surface area contributed by atoms with E-state index in [2.05, 4.69) is 17.4 Å². The predicted molar refractivity (Wildman–Crippen MR) is 77.9 cm³/mol. The van der Waals surface area contributed by atoms with E-state index in [1.807, 2.05) is 19.2 Å². The lowest BCUT2D eigenvalue weighted by Crippen LogP contribution is -2.02. The molecule has 0 fully saturated rings. The first-order chi connectivity index (χ1) is 8.70. The van der Waals surface area contributed by atoms with Gasteiger partial charge in [0.15, 0.2) is 0 Å². The maximum absolute atomic E-state index is 6.05. The molecule has 0 unspecified atom stereocenters. The van der Waals surface area contributed by atoms with Crippen LogP contribution in [0.3, 0.4) is 0 Å². The molecule has 0 bridgehead atoms. The van der Waals surface area contributed by atoms with Gasteiger partial charge in [0.05, 0.1) is 5.02 Å². The van der Waals surface area contributed by atoms with E-state index >= 15 is 0 Å². The van der Waals surface area contributed by atoms with Crippen molar-refractivity contribution < 1.29 is 4.74 Å². The smallest absolute Gasteiger partial charge is 0.139 e. The second-order valence-corrected chi connectivity index (χ2v) is 5.78. The standard InChI is InChI=1S/C13H13Cl2NOS/c1-16-7-9-5-6-10(18-9)8-17-12-4-2-3-11(14)13(12)15/h2-6,16H,7-8H2,1H3. The predicted octanol–water partition coefficient (Wildman–Crippen LogP) is 4.35. The summed E-state index contributed by atoms with van der Waals surface area (Å²) in [5, 5.41) is 4.09. The van der Waals surface area contributed by atoms with Crippen LogP contribution < -0.4 is 10.1 Å². The van der Waals surface area contributed by atoms with E-state index in [1.54, 1.807) is 17.4 Å². The summed E-state index contributed by atoms with van der Waals surface area (Å²) >= 11 is 13.7. The van der Waals surface area contributed by atoms with Crippen molar-refractivity contribution in [1.29, 1.82) is 0 Å². The third kappa shape index (κ3) is 3.39. The second kappa shape index (κ2) is 6.43. The fourth-order valence-electron chi connectivity index (χ4n) is 1.51. The van der Waals surface area contributed by atoms with Crippen molar-refractivity contribution in [2.75, 3.05) is 7.05 Å². The Bertz CT molecular complexity index is 527. The van der Waals surface area contributed by atoms with Gasteiger partial charge in [0.2, 0.25) is 0 Å². The molecule has 0 saturated carbocycles. The molecular formula is C13H13Cl2NOS. The van der Waals surface area contributed by atoms with Crippen LogP contribution in [0.4, 0.5) is 0 Å². The van der Waals surface area contributed by atoms with Crippen molar-refractivity contribution in [2.45, 2.75) is 13.2 Å². The van der Waals surface area contributed by atoms with Gasteiger partial charge in [-0.05, 0) is 31.3 Å². The Balaban J connectivity index is 2.00. The van der Waals surface area contributed by atoms with Gasteiger partial charge in [-0.3, -0.25) is 0 Å². The fraction of sp³-hybridized carbons (Fsp3) is 0.231. The molecule has 0 spiro atoms. The SMILES string of the molecule is CNCc1ccc(COc2cccc(Cl)c2Cl)s1. The van der Waals surface area contributed by atoms with Crippen LogP contribution in [0, 0.1) is 0 Å². The van der Waals surface area contributed by atoms with Crippen LogP contribution in [-0.4, -0.2) is 7.05 Å². The molecule has 1 N–H and O–H groups in total. The quantitative estimate of drug-likeness (QED) is 0.886. The van der Waals surface area contributed by atoms with Crippen molar-refractivity contribution in [3.05, 3.63) is 50.1 Å². The molecule has 0 aliphatic carbocycles. The van der Waals surface area contributed by atoms with Crippen LogP contribution >= 0.6 is 34.5 Å². The van der Waals surface area contributed by atoms with Gasteiger partial charge in [-0.25, -0.2) is 0 Å². The Kier molecular flexibility index (Phi) is 4.89. The summed E-state index contributed by atoms with van der Waals surface area (Å²) in [5.41, 5.74) is 0. The zero-order valence-corrected chi connectivity index (χ0v) is 12.2. The van der Waals surface area contributed by atoms with Gasteiger partial charge in [0.1, 0.15) is 17.4 Å². The van der Waals surface area contributed by atoms with E-state index in [4.69, 9.17) is 27.9 Å². The molecule has 0 amide bonds. The highest BCUT2D eigenvalue weighted by molar-refractivity contribution is 7.11. The summed E-state index contributed by atoms with van der Waals surface area (Å²) in [7, 11) is 1.93. The number of benzene rings is 1. The van der Waals surface area contributed by atoms with Gasteiger partial charge in [-0.1, -0.05) is 29.3 Å². The lowest BCUT2D eigenvalue weighted by molar-refractivity contribution is 0.310. The number of hydrogen-bond donors (Lipinski definition) is 1. The number of nitrogens with one attached hydrogen (secondary N) is 1. The van der Waals surface area contributed by atoms with Crippen LogP contribution in [0.2, 0.25) is 10.0 Å². The Labute approximate surface area is 120 Å². The molecule has 0 aliphatic heterocycles. The van der Waals surface area contributed by atoms with Crippen LogP contribution in [0.1, 0.15) is 9.75 Å². The lowest BCUT2D eigenvalue weighted by atomic mass is 10.3. The summed E-state index contributed by atoms with van der Waals surface area (Å²) in [6, 6.07) is 9.54. The van der Waals surface area contributed by atoms with Gasteiger partial charge in [-0.15, -0.1) is 11.3 Å². The molecule has 2 rings (SSSR count). The fourth-order valence-corrected chi connectivity index (χ4v) is 2.80. The Morgan fingerprint density at radius 1 is 1.17 bits per heavy atom. The van der Waals surface area contributed by atoms with Gasteiger partial charge in [-0.2, -0.15) is 0 Å². The molecule has 0 radical (unpaired) electrons. The molecular weight excluding hydrogens is 289 g/mol. The Morgan fingerprint density at radius 2 is 1.94 bits per heavy atom. The van der Waals surface area contributed by atoms with E-state index in [0.29, 0.717) is 22.4 Å². The van der Waals surface area contributed by atoms with Crippen LogP contribution in [0.15, 0.2) is 30.3 Å². The summed E-state index contributed by atoms with van der Waals surface area (Å²) in [6.45, 7) is 1.39. The molecule has 0 saturated heterocycles. The van der Waals surface area contributed by atoms with Crippen LogP contribution in [-0.2, 0) is 13.2 Å². The average molecular weight is 302 g/mol. The van der Waals surface area contributed by atoms with Crippen LogP contribution in [0.25, 0.3) is 0 Å². The van der Waals surface area contributed by atoms with Gasteiger partial charge < -0.3 is 10.1 Å². The third-order valence-electron chi connectivity index (χ3n) is 2.35. The summed E-state index contributed by atoms with van der Waals surface area (Å²) < 4.78 is 5.67. The third-order valence-corrected chi connectivity index (χ3v) is 4.21. The molecule has 18 heavy (non-hydrogen) atoms. The number of halogens is 2. The van der Waals surface area contributed by atoms with Crippen molar-refractivity contribution in [1.82, 2.24) is 5.32 Å². The van der Waals surface area contributed by atoms with Gasteiger partial charge in [0.25, 0.3) is 0 Å². The Morgan fingerprint density at radius 3 is 2.72 bits per heavy atom. The molecule has 2 nitrogen and oxygen atoms in total. The molecule has 0 atom stereocenters. The molecule has 0 aliphatic rings. The highest BCUT2D eigenvalue weighted by Crippen LogP contribution is 2.32. The first kappa shape index (κ1) is 13.7. The molecule has 1 heterocycles. The first-order valence-electron chi connectivity index (χ1n) is 5.49. The molecule has 1 aromatic carbocycles. The summed E-state index contributed by atoms with van der Waals surface area (Å²) in [6.07, 6.45) is 0. The maximum Gasteiger partial charge on any atom is 0.139 e. The minimum Gasteiger partial charge on any atom is -0.486 e. The van der Waals surface area contributed by atoms with Crippen molar-refractivity contribution >= 4 is 34.5 Å². The highest BCUT2D eigenvalue weighted by Gasteiger charge is 2.06. The zero-order chi connectivity index (χ0) is 13.0. The minimum absolute atomic E-state index is 0.464. The van der Waals surface area contributed by atoms with E-state index in [-0.39, 0.29) is 0 Å². The number of thiophene rings is 1. The Hall–Kier alpha value is -0.740. The van der Waals surface area contributed by atoms with E-state index in [0.717, 1.165) is 11.4 Å². The van der Waals surface area contributed by atoms with E-state index < -0.39 is 0 Å². The maximum atomic E-state index is 6.05. The number of rotatable bonds is 5. The summed E-state index contributed by atoms with van der Waals surface area (Å²) in [4.78, 5) is 2.45. The molecule has 96 valence electrons. The van der Waals surface area contributed by atoms with E-state index in [1.165, 1.54) is 4.88 Å². The zero-order valence-electron chi connectivity index (χ0n) is 9.87. The second-order valence-electron chi connectivity index (χ2n) is 3.74. The van der Waals surface area contributed by atoms with Crippen LogP contribution in [0.5, 0.6) is 5.75 Å². The largest absolute Gasteiger partial charge is 0.486 e. The monoisotopic (exact) mass is 301 g/mol. The first-order valence-corrected chi connectivity index (χ1v) is 7.07. The van der Waals surface area contributed by atoms with Crippen molar-refractivity contribution in [3.63, 3.8) is 0 Å². The lowest BCUT2D eigenvalue weighted by Gasteiger charge is -2.07. The number of hydrogen-bond acceptors (Lipinski definition) is 3. The molecule has 1 aromatic heterocycles. The van der Waals surface area contributed by atoms with Gasteiger partial charge in [0, 0.05) is 16.3 Å². The normalized spacial score (nSPS) is 10.6. The average Bonchev–Trinajstić information content (AvgIpc) is 2.79. The molecule has 2 aromatic rings. The number of ether oxygens (including phenoxy) is 1.